The highest BCUT2D eigenvalue weighted by atomic mass is 19.4. The summed E-state index contributed by atoms with van der Waals surface area (Å²) in [7, 11) is 0. The highest BCUT2D eigenvalue weighted by molar-refractivity contribution is 6.11. The second-order valence-corrected chi connectivity index (χ2v) is 7.32. The third kappa shape index (κ3) is 5.00. The fourth-order valence-electron chi connectivity index (χ4n) is 3.27. The Morgan fingerprint density at radius 3 is 2.71 bits per heavy atom. The Bertz CT molecular complexity index is 1320. The number of imidazole rings is 1. The van der Waals surface area contributed by atoms with Crippen molar-refractivity contribution in [1.82, 2.24) is 15.0 Å². The number of aromatic nitrogens is 3. The van der Waals surface area contributed by atoms with Crippen LogP contribution in [0.3, 0.4) is 0 Å². The van der Waals surface area contributed by atoms with Gasteiger partial charge in [0.2, 0.25) is 0 Å². The van der Waals surface area contributed by atoms with Crippen molar-refractivity contribution in [3.63, 3.8) is 0 Å². The highest BCUT2D eigenvalue weighted by Crippen LogP contribution is 2.36. The van der Waals surface area contributed by atoms with Gasteiger partial charge in [-0.05, 0) is 24.3 Å². The molecule has 4 rings (SSSR count). The van der Waals surface area contributed by atoms with Gasteiger partial charge in [0, 0.05) is 23.5 Å². The molecule has 1 amide bonds. The fourth-order valence-corrected chi connectivity index (χ4v) is 3.27. The first-order chi connectivity index (χ1) is 16.3. The minimum Gasteiger partial charge on any atom is -0.491 e. The van der Waals surface area contributed by atoms with E-state index in [2.05, 4.69) is 20.3 Å². The number of nitrogens with one attached hydrogen (secondary N) is 2. The summed E-state index contributed by atoms with van der Waals surface area (Å²) >= 11 is 0. The molecule has 34 heavy (non-hydrogen) atoms. The van der Waals surface area contributed by atoms with Crippen LogP contribution in [0.5, 0.6) is 5.75 Å². The van der Waals surface area contributed by atoms with Gasteiger partial charge in [-0.3, -0.25) is 4.79 Å². The summed E-state index contributed by atoms with van der Waals surface area (Å²) in [6, 6.07) is 12.8. The summed E-state index contributed by atoms with van der Waals surface area (Å²) < 4.78 is 45.7. The zero-order valence-electron chi connectivity index (χ0n) is 17.5. The topological polar surface area (TPSA) is 120 Å². The van der Waals surface area contributed by atoms with Crippen LogP contribution >= 0.6 is 0 Å². The van der Waals surface area contributed by atoms with E-state index in [1.807, 2.05) is 0 Å². The number of halogens is 3. The maximum Gasteiger partial charge on any atom is 0.417 e. The summed E-state index contributed by atoms with van der Waals surface area (Å²) in [5.74, 6) is -0.245. The molecule has 11 heteroatoms. The lowest BCUT2D eigenvalue weighted by atomic mass is 10.1. The molecule has 2 heterocycles. The van der Waals surface area contributed by atoms with E-state index in [9.17, 15) is 23.1 Å². The van der Waals surface area contributed by atoms with Gasteiger partial charge in [0.25, 0.3) is 5.91 Å². The number of rotatable bonds is 7. The quantitative estimate of drug-likeness (QED) is 0.326. The van der Waals surface area contributed by atoms with Gasteiger partial charge >= 0.3 is 6.18 Å². The number of nitrogens with zero attached hydrogens (tertiary/aromatic N) is 2. The summed E-state index contributed by atoms with van der Waals surface area (Å²) in [6.07, 6.45) is -4.28. The van der Waals surface area contributed by atoms with Crippen molar-refractivity contribution in [2.24, 2.45) is 0 Å². The molecular formula is C23H19F3N4O4. The standard InChI is InChI=1S/C23H19F3N4O4/c24-23(25,26)18-7-2-1-6-16(18)20-29-19-17(8-9-27-21(19)30-20)22(33)28-13-4-3-5-15(10-13)34-12-14(32)11-31/h1-10,14,31-32H,11-12H2,(H,28,33)(H,27,29,30). The number of aliphatic hydroxyl groups is 2. The van der Waals surface area contributed by atoms with Crippen molar-refractivity contribution in [1.29, 1.82) is 0 Å². The number of aliphatic hydroxyl groups excluding tert-OH is 2. The number of carbonyl (C=O) groups excluding carboxylic acids is 1. The van der Waals surface area contributed by atoms with E-state index in [0.717, 1.165) is 6.07 Å². The number of H-pyrrole nitrogens is 1. The number of carbonyl (C=O) groups is 1. The first-order valence-electron chi connectivity index (χ1n) is 10.1. The molecule has 0 spiro atoms. The van der Waals surface area contributed by atoms with Crippen LogP contribution < -0.4 is 10.1 Å². The van der Waals surface area contributed by atoms with Gasteiger partial charge in [0.05, 0.1) is 23.3 Å². The number of amides is 1. The molecule has 0 aliphatic heterocycles. The SMILES string of the molecule is O=C(Nc1cccc(OCC(O)CO)c1)c1ccnc2nc(-c3ccccc3C(F)(F)F)[nH]c12. The van der Waals surface area contributed by atoms with Crippen molar-refractivity contribution in [3.05, 3.63) is 71.9 Å². The van der Waals surface area contributed by atoms with Crippen molar-refractivity contribution in [3.8, 4) is 17.1 Å². The summed E-state index contributed by atoms with van der Waals surface area (Å²) in [6.45, 7) is -0.580. The van der Waals surface area contributed by atoms with Crippen LogP contribution in [0.25, 0.3) is 22.6 Å². The van der Waals surface area contributed by atoms with E-state index in [-0.39, 0.29) is 34.7 Å². The van der Waals surface area contributed by atoms with Crippen molar-refractivity contribution in [2.45, 2.75) is 12.3 Å². The van der Waals surface area contributed by atoms with E-state index in [1.54, 1.807) is 18.2 Å². The molecule has 4 aromatic rings. The molecular weight excluding hydrogens is 453 g/mol. The predicted octanol–water partition coefficient (Wildman–Crippen LogP) is 3.63. The zero-order valence-corrected chi connectivity index (χ0v) is 17.5. The van der Waals surface area contributed by atoms with Crippen molar-refractivity contribution >= 4 is 22.8 Å². The monoisotopic (exact) mass is 472 g/mol. The van der Waals surface area contributed by atoms with E-state index in [1.165, 1.54) is 36.5 Å². The van der Waals surface area contributed by atoms with Crippen LogP contribution in [0.2, 0.25) is 0 Å². The van der Waals surface area contributed by atoms with Crippen LogP contribution in [-0.2, 0) is 6.18 Å². The van der Waals surface area contributed by atoms with Crippen molar-refractivity contribution < 1.29 is 32.9 Å². The normalized spacial score (nSPS) is 12.5. The molecule has 2 aromatic heterocycles. The number of benzene rings is 2. The van der Waals surface area contributed by atoms with E-state index in [4.69, 9.17) is 9.84 Å². The zero-order chi connectivity index (χ0) is 24.3. The largest absolute Gasteiger partial charge is 0.491 e. The Morgan fingerprint density at radius 1 is 1.15 bits per heavy atom. The Labute approximate surface area is 191 Å². The number of pyridine rings is 1. The molecule has 8 nitrogen and oxygen atoms in total. The Hall–Kier alpha value is -3.96. The van der Waals surface area contributed by atoms with Gasteiger partial charge in [0.15, 0.2) is 5.65 Å². The molecule has 176 valence electrons. The maximum absolute atomic E-state index is 13.4. The van der Waals surface area contributed by atoms with E-state index < -0.39 is 30.4 Å². The number of hydrogen-bond donors (Lipinski definition) is 4. The minimum absolute atomic E-state index is 0.0616. The molecule has 0 saturated heterocycles. The van der Waals surface area contributed by atoms with Gasteiger partial charge in [-0.1, -0.05) is 24.3 Å². The second kappa shape index (κ2) is 9.49. The average Bonchev–Trinajstić information content (AvgIpc) is 3.26. The first-order valence-corrected chi connectivity index (χ1v) is 10.1. The van der Waals surface area contributed by atoms with Gasteiger partial charge in [-0.2, -0.15) is 13.2 Å². The Morgan fingerprint density at radius 2 is 1.94 bits per heavy atom. The highest BCUT2D eigenvalue weighted by Gasteiger charge is 2.34. The van der Waals surface area contributed by atoms with Gasteiger partial charge in [-0.25, -0.2) is 9.97 Å². The maximum atomic E-state index is 13.4. The van der Waals surface area contributed by atoms with Gasteiger partial charge < -0.3 is 25.3 Å². The fraction of sp³-hybridized carbons (Fsp3) is 0.174. The van der Waals surface area contributed by atoms with E-state index in [0.29, 0.717) is 11.4 Å². The predicted molar refractivity (Wildman–Crippen MR) is 117 cm³/mol. The van der Waals surface area contributed by atoms with Gasteiger partial charge in [-0.15, -0.1) is 0 Å². The smallest absolute Gasteiger partial charge is 0.417 e. The van der Waals surface area contributed by atoms with Crippen LogP contribution in [0.1, 0.15) is 15.9 Å². The first kappa shape index (κ1) is 23.2. The molecule has 2 aromatic carbocycles. The van der Waals surface area contributed by atoms with Crippen LogP contribution in [0.15, 0.2) is 60.8 Å². The van der Waals surface area contributed by atoms with Gasteiger partial charge in [0.1, 0.15) is 24.3 Å². The molecule has 0 fully saturated rings. The summed E-state index contributed by atoms with van der Waals surface area (Å²) in [4.78, 5) is 24.0. The number of alkyl halides is 3. The van der Waals surface area contributed by atoms with Crippen LogP contribution in [0, 0.1) is 0 Å². The lowest BCUT2D eigenvalue weighted by Gasteiger charge is -2.11. The lowest BCUT2D eigenvalue weighted by molar-refractivity contribution is -0.137. The van der Waals surface area contributed by atoms with Crippen LogP contribution in [-0.4, -0.2) is 50.4 Å². The molecule has 0 aliphatic rings. The number of hydrogen-bond acceptors (Lipinski definition) is 6. The molecule has 0 aliphatic carbocycles. The second-order valence-electron chi connectivity index (χ2n) is 7.32. The Kier molecular flexibility index (Phi) is 6.48. The Balaban J connectivity index is 1.62. The molecule has 4 N–H and O–H groups in total. The molecule has 0 bridgehead atoms. The number of fused-ring (bicyclic) bond motifs is 1. The summed E-state index contributed by atoms with van der Waals surface area (Å²) in [5.41, 5.74) is -0.221. The lowest BCUT2D eigenvalue weighted by Crippen LogP contribution is -2.21. The van der Waals surface area contributed by atoms with Crippen LogP contribution in [0.4, 0.5) is 18.9 Å². The number of aromatic amines is 1. The molecule has 0 radical (unpaired) electrons. The molecule has 0 saturated carbocycles. The third-order valence-corrected chi connectivity index (χ3v) is 4.87. The molecule has 1 unspecified atom stereocenters. The number of anilines is 1. The average molecular weight is 472 g/mol. The van der Waals surface area contributed by atoms with Crippen molar-refractivity contribution in [2.75, 3.05) is 18.5 Å². The summed E-state index contributed by atoms with van der Waals surface area (Å²) in [5, 5.41) is 21.0. The molecule has 1 atom stereocenters. The minimum atomic E-state index is -4.58. The number of ether oxygens (including phenoxy) is 1. The van der Waals surface area contributed by atoms with E-state index >= 15 is 0 Å². The third-order valence-electron chi connectivity index (χ3n) is 4.87.